The van der Waals surface area contributed by atoms with Crippen LogP contribution in [0.25, 0.3) is 0 Å². The Bertz CT molecular complexity index is 725. The van der Waals surface area contributed by atoms with Gasteiger partial charge in [0.25, 0.3) is 5.91 Å². The molecular formula is C15H12ClNO3S. The van der Waals surface area contributed by atoms with Gasteiger partial charge in [-0.15, -0.1) is 11.3 Å². The molecule has 1 aromatic heterocycles. The first-order chi connectivity index (χ1) is 10.1. The summed E-state index contributed by atoms with van der Waals surface area (Å²) in [4.78, 5) is 26.1. The van der Waals surface area contributed by atoms with Crippen LogP contribution in [0.4, 0.5) is 5.69 Å². The standard InChI is InChI=1S/C15H12ClNO3S/c16-13-7-6-12(21-13)14(18)17-8-2-4-9-10(15(19)20)3-1-5-11(9)17/h1,3,5-7H,2,4,8H2,(H,19,20). The van der Waals surface area contributed by atoms with Gasteiger partial charge in [-0.05, 0) is 42.7 Å². The number of hydrogen-bond donors (Lipinski definition) is 1. The maximum atomic E-state index is 12.6. The van der Waals surface area contributed by atoms with E-state index in [1.165, 1.54) is 11.3 Å². The second-order valence-corrected chi connectivity index (χ2v) is 6.49. The number of nitrogens with zero attached hydrogens (tertiary/aromatic N) is 1. The minimum Gasteiger partial charge on any atom is -0.478 e. The summed E-state index contributed by atoms with van der Waals surface area (Å²) < 4.78 is 0.565. The molecule has 1 aliphatic heterocycles. The molecule has 0 saturated heterocycles. The van der Waals surface area contributed by atoms with Gasteiger partial charge in [0.05, 0.1) is 14.8 Å². The lowest BCUT2D eigenvalue weighted by molar-refractivity contribution is 0.0695. The second kappa shape index (κ2) is 5.50. The lowest BCUT2D eigenvalue weighted by atomic mass is 9.96. The Hall–Kier alpha value is -1.85. The topological polar surface area (TPSA) is 57.6 Å². The van der Waals surface area contributed by atoms with Crippen molar-refractivity contribution >= 4 is 40.5 Å². The number of benzene rings is 1. The van der Waals surface area contributed by atoms with E-state index in [1.807, 2.05) is 0 Å². The third-order valence-corrected chi connectivity index (χ3v) is 4.73. The van der Waals surface area contributed by atoms with Crippen LogP contribution in [0.1, 0.15) is 32.0 Å². The Labute approximate surface area is 130 Å². The number of halogens is 1. The zero-order valence-electron chi connectivity index (χ0n) is 11.0. The van der Waals surface area contributed by atoms with E-state index < -0.39 is 5.97 Å². The van der Waals surface area contributed by atoms with E-state index in [9.17, 15) is 14.7 Å². The number of carbonyl (C=O) groups excluding carboxylic acids is 1. The maximum absolute atomic E-state index is 12.6. The average molecular weight is 322 g/mol. The maximum Gasteiger partial charge on any atom is 0.336 e. The molecule has 6 heteroatoms. The number of hydrogen-bond acceptors (Lipinski definition) is 3. The smallest absolute Gasteiger partial charge is 0.336 e. The normalized spacial score (nSPS) is 13.9. The van der Waals surface area contributed by atoms with Crippen molar-refractivity contribution in [2.24, 2.45) is 0 Å². The number of carboxylic acid groups (broad SMARTS) is 1. The van der Waals surface area contributed by atoms with Gasteiger partial charge in [0, 0.05) is 12.2 Å². The SMILES string of the molecule is O=C(O)c1cccc2c1CCCN2C(=O)c1ccc(Cl)s1. The Morgan fingerprint density at radius 2 is 2.05 bits per heavy atom. The third kappa shape index (κ3) is 2.54. The Morgan fingerprint density at radius 3 is 2.71 bits per heavy atom. The fourth-order valence-electron chi connectivity index (χ4n) is 2.60. The first-order valence-electron chi connectivity index (χ1n) is 6.50. The number of amides is 1. The molecule has 0 unspecified atom stereocenters. The monoisotopic (exact) mass is 321 g/mol. The molecule has 2 heterocycles. The van der Waals surface area contributed by atoms with E-state index >= 15 is 0 Å². The summed E-state index contributed by atoms with van der Waals surface area (Å²) in [5.74, 6) is -1.09. The molecule has 3 rings (SSSR count). The summed E-state index contributed by atoms with van der Waals surface area (Å²) in [6.07, 6.45) is 1.43. The molecule has 1 N–H and O–H groups in total. The van der Waals surface area contributed by atoms with Gasteiger partial charge in [0.15, 0.2) is 0 Å². The zero-order valence-corrected chi connectivity index (χ0v) is 12.6. The average Bonchev–Trinajstić information content (AvgIpc) is 2.91. The number of carbonyl (C=O) groups is 2. The van der Waals surface area contributed by atoms with E-state index in [-0.39, 0.29) is 11.5 Å². The number of aromatic carboxylic acids is 1. The first-order valence-corrected chi connectivity index (χ1v) is 7.70. The summed E-state index contributed by atoms with van der Waals surface area (Å²) in [5, 5.41) is 9.27. The molecule has 1 aliphatic rings. The first kappa shape index (κ1) is 14.1. The Kier molecular flexibility index (Phi) is 3.69. The quantitative estimate of drug-likeness (QED) is 0.917. The molecule has 4 nitrogen and oxygen atoms in total. The highest BCUT2D eigenvalue weighted by Crippen LogP contribution is 2.32. The van der Waals surface area contributed by atoms with Gasteiger partial charge in [-0.1, -0.05) is 17.7 Å². The molecule has 0 atom stereocenters. The van der Waals surface area contributed by atoms with Crippen LogP contribution in [0, 0.1) is 0 Å². The van der Waals surface area contributed by atoms with Gasteiger partial charge in [0.2, 0.25) is 0 Å². The van der Waals surface area contributed by atoms with Crippen LogP contribution < -0.4 is 4.90 Å². The highest BCUT2D eigenvalue weighted by atomic mass is 35.5. The van der Waals surface area contributed by atoms with Crippen LogP contribution in [-0.2, 0) is 6.42 Å². The van der Waals surface area contributed by atoms with Crippen LogP contribution in [0.15, 0.2) is 30.3 Å². The molecule has 108 valence electrons. The summed E-state index contributed by atoms with van der Waals surface area (Å²) in [7, 11) is 0. The van der Waals surface area contributed by atoms with Gasteiger partial charge in [-0.25, -0.2) is 4.79 Å². The minimum atomic E-state index is -0.958. The zero-order chi connectivity index (χ0) is 15.0. The van der Waals surface area contributed by atoms with Crippen molar-refractivity contribution < 1.29 is 14.7 Å². The van der Waals surface area contributed by atoms with Crippen LogP contribution in [0.3, 0.4) is 0 Å². The number of rotatable bonds is 2. The molecule has 0 aliphatic carbocycles. The van der Waals surface area contributed by atoms with Gasteiger partial charge in [-0.3, -0.25) is 4.79 Å². The number of thiophene rings is 1. The van der Waals surface area contributed by atoms with Crippen LogP contribution >= 0.6 is 22.9 Å². The largest absolute Gasteiger partial charge is 0.478 e. The van der Waals surface area contributed by atoms with Gasteiger partial charge in [0.1, 0.15) is 0 Å². The molecule has 1 aromatic carbocycles. The van der Waals surface area contributed by atoms with Crippen LogP contribution in [-0.4, -0.2) is 23.5 Å². The van der Waals surface area contributed by atoms with Crippen LogP contribution in [0.5, 0.6) is 0 Å². The fraction of sp³-hybridized carbons (Fsp3) is 0.200. The summed E-state index contributed by atoms with van der Waals surface area (Å²) >= 11 is 7.11. The van der Waals surface area contributed by atoms with E-state index in [0.29, 0.717) is 27.9 Å². The summed E-state index contributed by atoms with van der Waals surface area (Å²) in [5.41, 5.74) is 1.69. The summed E-state index contributed by atoms with van der Waals surface area (Å²) in [6, 6.07) is 8.45. The van der Waals surface area contributed by atoms with Crippen LogP contribution in [0.2, 0.25) is 4.34 Å². The van der Waals surface area contributed by atoms with Crippen molar-refractivity contribution in [3.05, 3.63) is 50.7 Å². The molecule has 0 bridgehead atoms. The van der Waals surface area contributed by atoms with E-state index in [1.54, 1.807) is 35.2 Å². The van der Waals surface area contributed by atoms with Crippen molar-refractivity contribution in [3.8, 4) is 0 Å². The molecule has 0 saturated carbocycles. The van der Waals surface area contributed by atoms with E-state index in [2.05, 4.69) is 0 Å². The third-order valence-electron chi connectivity index (χ3n) is 3.51. The molecule has 0 radical (unpaired) electrons. The predicted molar refractivity (Wildman–Crippen MR) is 82.7 cm³/mol. The lowest BCUT2D eigenvalue weighted by Crippen LogP contribution is -2.35. The Morgan fingerprint density at radius 1 is 1.24 bits per heavy atom. The minimum absolute atomic E-state index is 0.129. The second-order valence-electron chi connectivity index (χ2n) is 4.77. The lowest BCUT2D eigenvalue weighted by Gasteiger charge is -2.30. The molecule has 2 aromatic rings. The van der Waals surface area contributed by atoms with Crippen molar-refractivity contribution in [2.75, 3.05) is 11.4 Å². The van der Waals surface area contributed by atoms with Crippen molar-refractivity contribution in [1.82, 2.24) is 0 Å². The van der Waals surface area contributed by atoms with Gasteiger partial charge < -0.3 is 10.0 Å². The molecule has 0 fully saturated rings. The number of carboxylic acids is 1. The van der Waals surface area contributed by atoms with Crippen molar-refractivity contribution in [3.63, 3.8) is 0 Å². The number of fused-ring (bicyclic) bond motifs is 1. The van der Waals surface area contributed by atoms with Crippen molar-refractivity contribution in [2.45, 2.75) is 12.8 Å². The molecule has 0 spiro atoms. The highest BCUT2D eigenvalue weighted by Gasteiger charge is 2.27. The highest BCUT2D eigenvalue weighted by molar-refractivity contribution is 7.18. The molecular weight excluding hydrogens is 310 g/mol. The Balaban J connectivity index is 2.03. The van der Waals surface area contributed by atoms with E-state index in [4.69, 9.17) is 11.6 Å². The van der Waals surface area contributed by atoms with Gasteiger partial charge >= 0.3 is 5.97 Å². The van der Waals surface area contributed by atoms with Gasteiger partial charge in [-0.2, -0.15) is 0 Å². The molecule has 1 amide bonds. The van der Waals surface area contributed by atoms with Crippen molar-refractivity contribution in [1.29, 1.82) is 0 Å². The summed E-state index contributed by atoms with van der Waals surface area (Å²) in [6.45, 7) is 0.588. The fourth-order valence-corrected chi connectivity index (χ4v) is 3.59. The predicted octanol–water partition coefficient (Wildman–Crippen LogP) is 3.69. The number of anilines is 1. The molecule has 21 heavy (non-hydrogen) atoms. The van der Waals surface area contributed by atoms with E-state index in [0.717, 1.165) is 12.0 Å².